The van der Waals surface area contributed by atoms with E-state index < -0.39 is 12.1 Å². The lowest BCUT2D eigenvalue weighted by Crippen LogP contribution is -2.45. The molecule has 0 saturated heterocycles. The van der Waals surface area contributed by atoms with E-state index >= 15 is 0 Å². The Balaban J connectivity index is 0.00000364. The maximum absolute atomic E-state index is 12.1. The first-order valence-corrected chi connectivity index (χ1v) is 8.99. The molecule has 28 heavy (non-hydrogen) atoms. The van der Waals surface area contributed by atoms with Crippen LogP contribution in [0.3, 0.4) is 0 Å². The van der Waals surface area contributed by atoms with Crippen LogP contribution in [0.5, 0.6) is 0 Å². The van der Waals surface area contributed by atoms with Gasteiger partial charge in [0.2, 0.25) is 5.91 Å². The Morgan fingerprint density at radius 2 is 1.89 bits per heavy atom. The first kappa shape index (κ1) is 26.4. The van der Waals surface area contributed by atoms with E-state index in [9.17, 15) is 9.90 Å². The van der Waals surface area contributed by atoms with Crippen molar-refractivity contribution in [2.24, 2.45) is 11.1 Å². The summed E-state index contributed by atoms with van der Waals surface area (Å²) in [7, 11) is 0. The highest BCUT2D eigenvalue weighted by atomic mass is 35.5. The molecule has 2 atom stereocenters. The second-order valence-electron chi connectivity index (χ2n) is 8.00. The summed E-state index contributed by atoms with van der Waals surface area (Å²) in [5.74, 6) is -0.268. The molecule has 2 rings (SSSR count). The predicted molar refractivity (Wildman–Crippen MR) is 117 cm³/mol. The molecule has 0 aliphatic rings. The monoisotopic (exact) mass is 430 g/mol. The molecule has 1 aromatic heterocycles. The fourth-order valence-electron chi connectivity index (χ4n) is 2.84. The van der Waals surface area contributed by atoms with E-state index in [1.807, 2.05) is 29.0 Å². The van der Waals surface area contributed by atoms with Gasteiger partial charge in [0.05, 0.1) is 24.2 Å². The number of halogens is 2. The normalized spacial score (nSPS) is 13.0. The van der Waals surface area contributed by atoms with E-state index in [0.29, 0.717) is 12.8 Å². The first-order valence-electron chi connectivity index (χ1n) is 8.99. The summed E-state index contributed by atoms with van der Waals surface area (Å²) in [5.41, 5.74) is 7.96. The van der Waals surface area contributed by atoms with Crippen molar-refractivity contribution in [1.29, 1.82) is 0 Å². The molecule has 0 aliphatic carbocycles. The number of amides is 1. The number of imidazole rings is 1. The molecule has 8 heteroatoms. The molecule has 1 amide bonds. The number of nitrogens with two attached hydrogens (primary N) is 1. The van der Waals surface area contributed by atoms with E-state index in [1.165, 1.54) is 5.56 Å². The Morgan fingerprint density at radius 3 is 2.50 bits per heavy atom. The maximum Gasteiger partial charge on any atom is 0.237 e. The lowest BCUT2D eigenvalue weighted by Gasteiger charge is -2.23. The van der Waals surface area contributed by atoms with Crippen LogP contribution in [0.2, 0.25) is 0 Å². The van der Waals surface area contributed by atoms with E-state index in [-0.39, 0.29) is 42.7 Å². The van der Waals surface area contributed by atoms with Crippen LogP contribution in [0.1, 0.15) is 38.4 Å². The molecule has 158 valence electrons. The van der Waals surface area contributed by atoms with Gasteiger partial charge >= 0.3 is 0 Å². The van der Waals surface area contributed by atoms with Crippen LogP contribution in [0.25, 0.3) is 0 Å². The maximum atomic E-state index is 12.1. The van der Waals surface area contributed by atoms with Gasteiger partial charge in [-0.2, -0.15) is 0 Å². The average Bonchev–Trinajstić information content (AvgIpc) is 2.98. The molecule has 0 radical (unpaired) electrons. The van der Waals surface area contributed by atoms with Crippen LogP contribution in [0.4, 0.5) is 0 Å². The van der Waals surface area contributed by atoms with Crippen molar-refractivity contribution in [1.82, 2.24) is 14.9 Å². The molecule has 0 aliphatic heterocycles. The zero-order valence-electron chi connectivity index (χ0n) is 16.7. The van der Waals surface area contributed by atoms with Crippen molar-refractivity contribution in [3.05, 3.63) is 54.1 Å². The molecule has 6 nitrogen and oxygen atoms in total. The summed E-state index contributed by atoms with van der Waals surface area (Å²) in [4.78, 5) is 16.5. The van der Waals surface area contributed by atoms with Crippen molar-refractivity contribution in [2.75, 3.05) is 6.54 Å². The van der Waals surface area contributed by atoms with E-state index in [0.717, 1.165) is 12.2 Å². The number of rotatable bonds is 8. The smallest absolute Gasteiger partial charge is 0.237 e. The Labute approximate surface area is 179 Å². The average molecular weight is 431 g/mol. The highest BCUT2D eigenvalue weighted by molar-refractivity contribution is 5.85. The Morgan fingerprint density at radius 1 is 1.25 bits per heavy atom. The predicted octanol–water partition coefficient (Wildman–Crippen LogP) is 2.56. The molecular weight excluding hydrogens is 399 g/mol. The number of carbonyl (C=O) groups is 1. The number of hydrogen-bond donors (Lipinski definition) is 3. The Hall–Kier alpha value is -1.60. The van der Waals surface area contributed by atoms with Gasteiger partial charge in [-0.1, -0.05) is 51.1 Å². The van der Waals surface area contributed by atoms with Gasteiger partial charge in [-0.05, 0) is 17.4 Å². The minimum absolute atomic E-state index is 0. The molecular formula is C20H32Cl2N4O2. The van der Waals surface area contributed by atoms with Crippen LogP contribution in [0, 0.1) is 5.41 Å². The molecule has 1 aromatic carbocycles. The highest BCUT2D eigenvalue weighted by Crippen LogP contribution is 2.20. The third kappa shape index (κ3) is 9.55. The highest BCUT2D eigenvalue weighted by Gasteiger charge is 2.20. The number of nitrogens with one attached hydrogen (secondary N) is 1. The van der Waals surface area contributed by atoms with Gasteiger partial charge in [0, 0.05) is 25.7 Å². The molecule has 0 saturated carbocycles. The lowest BCUT2D eigenvalue weighted by atomic mass is 9.89. The third-order valence-corrected chi connectivity index (χ3v) is 4.02. The van der Waals surface area contributed by atoms with Gasteiger partial charge in [0.1, 0.15) is 0 Å². The van der Waals surface area contributed by atoms with Gasteiger partial charge in [0.25, 0.3) is 0 Å². The SMILES string of the molecule is CC(C)(C)CC(O)CNC(=O)[C@@H](N)Cc1cn(Cc2ccccc2)cn1.Cl.Cl. The van der Waals surface area contributed by atoms with Gasteiger partial charge in [0.15, 0.2) is 0 Å². The number of aromatic nitrogens is 2. The van der Waals surface area contributed by atoms with E-state index in [2.05, 4.69) is 43.2 Å². The van der Waals surface area contributed by atoms with Crippen LogP contribution in [0.15, 0.2) is 42.9 Å². The van der Waals surface area contributed by atoms with E-state index in [4.69, 9.17) is 5.73 Å². The van der Waals surface area contributed by atoms with Crippen molar-refractivity contribution >= 4 is 30.7 Å². The summed E-state index contributed by atoms with van der Waals surface area (Å²) in [6.07, 6.45) is 4.07. The van der Waals surface area contributed by atoms with Crippen LogP contribution >= 0.6 is 24.8 Å². The quantitative estimate of drug-likeness (QED) is 0.599. The van der Waals surface area contributed by atoms with Gasteiger partial charge in [-0.15, -0.1) is 24.8 Å². The van der Waals surface area contributed by atoms with Crippen LogP contribution in [-0.2, 0) is 17.8 Å². The molecule has 0 bridgehead atoms. The number of aliphatic hydroxyl groups excluding tert-OH is 1. The molecule has 2 aromatic rings. The first-order chi connectivity index (χ1) is 12.2. The summed E-state index contributed by atoms with van der Waals surface area (Å²) < 4.78 is 1.97. The molecule has 1 unspecified atom stereocenters. The standard InChI is InChI=1S/C20H30N4O2.2ClH/c1-20(2,3)10-17(25)11-22-19(26)18(21)9-16-13-24(14-23-16)12-15-7-5-4-6-8-15;;/h4-8,13-14,17-18,25H,9-12,21H2,1-3H3,(H,22,26);2*1H/t17?,18-;;/m0../s1. The van der Waals surface area contributed by atoms with E-state index in [1.54, 1.807) is 6.33 Å². The summed E-state index contributed by atoms with van der Waals surface area (Å²) in [6.45, 7) is 7.10. The van der Waals surface area contributed by atoms with Gasteiger partial charge in [-0.3, -0.25) is 4.79 Å². The van der Waals surface area contributed by atoms with Crippen molar-refractivity contribution in [3.63, 3.8) is 0 Å². The number of carbonyl (C=O) groups excluding carboxylic acids is 1. The number of benzene rings is 1. The largest absolute Gasteiger partial charge is 0.391 e. The summed E-state index contributed by atoms with van der Waals surface area (Å²) >= 11 is 0. The zero-order valence-corrected chi connectivity index (χ0v) is 18.3. The van der Waals surface area contributed by atoms with Crippen molar-refractivity contribution < 1.29 is 9.90 Å². The Bertz CT molecular complexity index is 702. The second-order valence-corrected chi connectivity index (χ2v) is 8.00. The fourth-order valence-corrected chi connectivity index (χ4v) is 2.84. The number of nitrogens with zero attached hydrogens (tertiary/aromatic N) is 2. The molecule has 4 N–H and O–H groups in total. The fraction of sp³-hybridized carbons (Fsp3) is 0.500. The zero-order chi connectivity index (χ0) is 19.2. The van der Waals surface area contributed by atoms with Gasteiger partial charge in [-0.25, -0.2) is 4.98 Å². The minimum atomic E-state index is -0.683. The molecule has 0 fully saturated rings. The second kappa shape index (κ2) is 12.1. The van der Waals surface area contributed by atoms with Crippen molar-refractivity contribution in [3.8, 4) is 0 Å². The number of hydrogen-bond acceptors (Lipinski definition) is 4. The topological polar surface area (TPSA) is 93.2 Å². The van der Waals surface area contributed by atoms with Gasteiger partial charge < -0.3 is 20.7 Å². The Kier molecular flexibility index (Phi) is 11.4. The molecule has 0 spiro atoms. The van der Waals surface area contributed by atoms with Crippen LogP contribution in [-0.4, -0.2) is 39.3 Å². The van der Waals surface area contributed by atoms with Crippen LogP contribution < -0.4 is 11.1 Å². The summed E-state index contributed by atoms with van der Waals surface area (Å²) in [5, 5.41) is 12.7. The third-order valence-electron chi connectivity index (χ3n) is 4.02. The minimum Gasteiger partial charge on any atom is -0.391 e. The lowest BCUT2D eigenvalue weighted by molar-refractivity contribution is -0.122. The summed E-state index contributed by atoms with van der Waals surface area (Å²) in [6, 6.07) is 9.42. The number of aliphatic hydroxyl groups is 1. The van der Waals surface area contributed by atoms with Crippen molar-refractivity contribution in [2.45, 2.75) is 52.3 Å². The molecule has 1 heterocycles.